The summed E-state index contributed by atoms with van der Waals surface area (Å²) in [4.78, 5) is 14.5. The van der Waals surface area contributed by atoms with Gasteiger partial charge in [0, 0.05) is 18.0 Å². The van der Waals surface area contributed by atoms with E-state index in [9.17, 15) is 4.79 Å². The molecule has 0 aliphatic carbocycles. The van der Waals surface area contributed by atoms with E-state index in [-0.39, 0.29) is 5.91 Å². The Hall–Kier alpha value is -1.88. The minimum absolute atomic E-state index is 0.303. The largest absolute Gasteiger partial charge is 0.516 e. The maximum Gasteiger partial charge on any atom is 0.265 e. The van der Waals surface area contributed by atoms with Gasteiger partial charge in [-0.2, -0.15) is 0 Å². The average molecular weight is 181 g/mol. The number of amides is 1. The van der Waals surface area contributed by atoms with Crippen LogP contribution in [0.3, 0.4) is 0 Å². The second kappa shape index (κ2) is 6.81. The summed E-state index contributed by atoms with van der Waals surface area (Å²) in [5, 5.41) is 7.33. The summed E-state index contributed by atoms with van der Waals surface area (Å²) >= 11 is 0. The third-order valence-corrected chi connectivity index (χ3v) is 1.07. The van der Waals surface area contributed by atoms with Crippen LogP contribution >= 0.6 is 0 Å². The van der Waals surface area contributed by atoms with Gasteiger partial charge < -0.3 is 5.11 Å². The predicted octanol–water partition coefficient (Wildman–Crippen LogP) is 0.373. The van der Waals surface area contributed by atoms with Crippen LogP contribution in [-0.2, 0) is 0 Å². The summed E-state index contributed by atoms with van der Waals surface area (Å²) in [6.45, 7) is 2.92. The number of aliphatic hydroxyl groups is 1. The van der Waals surface area contributed by atoms with Gasteiger partial charge in [0.1, 0.15) is 0 Å². The minimum Gasteiger partial charge on any atom is -0.516 e. The molecule has 0 aliphatic rings. The standard InChI is InChI=1S/C6H7N3O.C2H4O/c7-9-6(10)5-1-3-8-4-2-5;1-2-3/h1-4H,7H2,(H,9,10);2-3H,1H2. The summed E-state index contributed by atoms with van der Waals surface area (Å²) in [5.74, 6) is 4.58. The molecule has 0 aromatic carbocycles. The molecule has 0 spiro atoms. The summed E-state index contributed by atoms with van der Waals surface area (Å²) in [6.07, 6.45) is 3.81. The van der Waals surface area contributed by atoms with Crippen molar-refractivity contribution in [3.05, 3.63) is 42.9 Å². The maximum absolute atomic E-state index is 10.7. The molecule has 1 aromatic heterocycles. The Balaban J connectivity index is 0.000000424. The van der Waals surface area contributed by atoms with Crippen molar-refractivity contribution < 1.29 is 9.90 Å². The lowest BCUT2D eigenvalue weighted by Gasteiger charge is -1.95. The molecule has 0 saturated heterocycles. The van der Waals surface area contributed by atoms with Crippen LogP contribution in [-0.4, -0.2) is 16.0 Å². The second-order valence-corrected chi connectivity index (χ2v) is 1.89. The van der Waals surface area contributed by atoms with Crippen LogP contribution in [0.25, 0.3) is 0 Å². The molecule has 1 heterocycles. The van der Waals surface area contributed by atoms with E-state index in [0.717, 1.165) is 6.26 Å². The molecular formula is C8H11N3O2. The maximum atomic E-state index is 10.7. The van der Waals surface area contributed by atoms with Crippen molar-refractivity contribution in [3.63, 3.8) is 0 Å². The number of rotatable bonds is 1. The Morgan fingerprint density at radius 3 is 2.46 bits per heavy atom. The first-order valence-electron chi connectivity index (χ1n) is 3.42. The van der Waals surface area contributed by atoms with Gasteiger partial charge in [0.25, 0.3) is 5.91 Å². The highest BCUT2D eigenvalue weighted by Gasteiger charge is 1.98. The van der Waals surface area contributed by atoms with Gasteiger partial charge in [0.05, 0.1) is 6.26 Å². The molecule has 1 amide bonds. The normalized spacial score (nSPS) is 7.77. The second-order valence-electron chi connectivity index (χ2n) is 1.89. The van der Waals surface area contributed by atoms with E-state index in [0.29, 0.717) is 5.56 Å². The first-order chi connectivity index (χ1) is 6.26. The number of nitrogens with zero attached hydrogens (tertiary/aromatic N) is 1. The van der Waals surface area contributed by atoms with Crippen LogP contribution in [0, 0.1) is 0 Å². The number of hydrazine groups is 1. The average Bonchev–Trinajstić information content (AvgIpc) is 2.19. The van der Waals surface area contributed by atoms with Crippen LogP contribution in [0.5, 0.6) is 0 Å². The molecule has 0 saturated carbocycles. The summed E-state index contributed by atoms with van der Waals surface area (Å²) < 4.78 is 0. The summed E-state index contributed by atoms with van der Waals surface area (Å²) in [5.41, 5.74) is 2.53. The summed E-state index contributed by atoms with van der Waals surface area (Å²) in [6, 6.07) is 3.17. The van der Waals surface area contributed by atoms with Gasteiger partial charge in [-0.1, -0.05) is 6.58 Å². The van der Waals surface area contributed by atoms with Crippen LogP contribution in [0.4, 0.5) is 0 Å². The number of aromatic nitrogens is 1. The van der Waals surface area contributed by atoms with E-state index in [2.05, 4.69) is 11.6 Å². The third kappa shape index (κ3) is 4.54. The minimum atomic E-state index is -0.303. The number of carbonyl (C=O) groups excluding carboxylic acids is 1. The quantitative estimate of drug-likeness (QED) is 0.253. The fourth-order valence-electron chi connectivity index (χ4n) is 0.587. The third-order valence-electron chi connectivity index (χ3n) is 1.07. The monoisotopic (exact) mass is 181 g/mol. The smallest absolute Gasteiger partial charge is 0.265 e. The number of pyridine rings is 1. The highest BCUT2D eigenvalue weighted by Crippen LogP contribution is 1.93. The van der Waals surface area contributed by atoms with E-state index < -0.39 is 0 Å². The van der Waals surface area contributed by atoms with E-state index in [1.165, 1.54) is 12.4 Å². The number of nitrogens with two attached hydrogens (primary N) is 1. The SMILES string of the molecule is C=CO.NNC(=O)c1ccncc1. The number of carbonyl (C=O) groups is 1. The molecular weight excluding hydrogens is 170 g/mol. The van der Waals surface area contributed by atoms with E-state index in [4.69, 9.17) is 10.9 Å². The van der Waals surface area contributed by atoms with Gasteiger partial charge in [-0.05, 0) is 12.1 Å². The molecule has 70 valence electrons. The fourth-order valence-corrected chi connectivity index (χ4v) is 0.587. The molecule has 0 radical (unpaired) electrons. The van der Waals surface area contributed by atoms with Crippen LogP contribution in [0.2, 0.25) is 0 Å². The first kappa shape index (κ1) is 11.1. The highest BCUT2D eigenvalue weighted by atomic mass is 16.2. The van der Waals surface area contributed by atoms with Gasteiger partial charge in [0.2, 0.25) is 0 Å². The Labute approximate surface area is 75.9 Å². The number of nitrogen functional groups attached to an aromatic ring is 1. The van der Waals surface area contributed by atoms with Crippen molar-refractivity contribution in [1.29, 1.82) is 0 Å². The van der Waals surface area contributed by atoms with Crippen molar-refractivity contribution in [2.24, 2.45) is 5.84 Å². The zero-order valence-electron chi connectivity index (χ0n) is 6.97. The lowest BCUT2D eigenvalue weighted by Crippen LogP contribution is -2.29. The fraction of sp³-hybridized carbons (Fsp3) is 0. The molecule has 0 unspecified atom stereocenters. The topological polar surface area (TPSA) is 88.2 Å². The van der Waals surface area contributed by atoms with Gasteiger partial charge >= 0.3 is 0 Å². The van der Waals surface area contributed by atoms with E-state index >= 15 is 0 Å². The molecule has 0 fully saturated rings. The highest BCUT2D eigenvalue weighted by molar-refractivity contribution is 5.93. The van der Waals surface area contributed by atoms with Gasteiger partial charge in [-0.15, -0.1) is 0 Å². The molecule has 5 heteroatoms. The number of hydrogen-bond donors (Lipinski definition) is 3. The lowest BCUT2D eigenvalue weighted by atomic mass is 10.3. The van der Waals surface area contributed by atoms with E-state index in [1.54, 1.807) is 12.1 Å². The zero-order valence-corrected chi connectivity index (χ0v) is 6.97. The van der Waals surface area contributed by atoms with Gasteiger partial charge in [0.15, 0.2) is 0 Å². The number of aliphatic hydroxyl groups excluding tert-OH is 1. The van der Waals surface area contributed by atoms with Crippen molar-refractivity contribution in [2.45, 2.75) is 0 Å². The molecule has 13 heavy (non-hydrogen) atoms. The summed E-state index contributed by atoms with van der Waals surface area (Å²) in [7, 11) is 0. The number of nitrogens with one attached hydrogen (secondary N) is 1. The first-order valence-corrected chi connectivity index (χ1v) is 3.42. The Kier molecular flexibility index (Phi) is 5.82. The predicted molar refractivity (Wildman–Crippen MR) is 48.7 cm³/mol. The van der Waals surface area contributed by atoms with Crippen LogP contribution in [0.1, 0.15) is 10.4 Å². The molecule has 1 aromatic rings. The van der Waals surface area contributed by atoms with Gasteiger partial charge in [-0.25, -0.2) is 5.84 Å². The Morgan fingerprint density at radius 1 is 1.62 bits per heavy atom. The van der Waals surface area contributed by atoms with Gasteiger partial charge in [-0.3, -0.25) is 15.2 Å². The molecule has 1 rings (SSSR count). The van der Waals surface area contributed by atoms with Crippen molar-refractivity contribution in [1.82, 2.24) is 10.4 Å². The molecule has 0 bridgehead atoms. The lowest BCUT2D eigenvalue weighted by molar-refractivity contribution is 0.0953. The molecule has 4 N–H and O–H groups in total. The Morgan fingerprint density at radius 2 is 2.08 bits per heavy atom. The molecule has 0 aliphatic heterocycles. The van der Waals surface area contributed by atoms with Crippen LogP contribution < -0.4 is 11.3 Å². The van der Waals surface area contributed by atoms with E-state index in [1.807, 2.05) is 5.43 Å². The Bertz CT molecular complexity index is 261. The number of hydrogen-bond acceptors (Lipinski definition) is 4. The van der Waals surface area contributed by atoms with Crippen molar-refractivity contribution >= 4 is 5.91 Å². The van der Waals surface area contributed by atoms with Crippen LogP contribution in [0.15, 0.2) is 37.4 Å². The zero-order chi connectivity index (χ0) is 10.1. The van der Waals surface area contributed by atoms with Crippen molar-refractivity contribution in [3.8, 4) is 0 Å². The molecule has 5 nitrogen and oxygen atoms in total. The molecule has 0 atom stereocenters. The van der Waals surface area contributed by atoms with Crippen molar-refractivity contribution in [2.75, 3.05) is 0 Å².